The predicted molar refractivity (Wildman–Crippen MR) is 123 cm³/mol. The van der Waals surface area contributed by atoms with Crippen LogP contribution in [-0.2, 0) is 4.79 Å². The van der Waals surface area contributed by atoms with Crippen molar-refractivity contribution in [3.63, 3.8) is 0 Å². The number of nitrogens with one attached hydrogen (secondary N) is 1. The number of carbonyl (C=O) groups excluding carboxylic acids is 1. The van der Waals surface area contributed by atoms with Gasteiger partial charge >= 0.3 is 0 Å². The Morgan fingerprint density at radius 1 is 1.12 bits per heavy atom. The summed E-state index contributed by atoms with van der Waals surface area (Å²) in [6.45, 7) is 1.75. The van der Waals surface area contributed by atoms with Crippen LogP contribution in [0.15, 0.2) is 52.1 Å². The van der Waals surface area contributed by atoms with Gasteiger partial charge in [-0.3, -0.25) is 4.79 Å². The van der Waals surface area contributed by atoms with Crippen molar-refractivity contribution in [2.24, 2.45) is 0 Å². The third-order valence-corrected chi connectivity index (χ3v) is 6.48. The third-order valence-electron chi connectivity index (χ3n) is 5.66. The summed E-state index contributed by atoms with van der Waals surface area (Å²) < 4.78 is 36.5. The standard InChI is InChI=1S/C24H24FN3O5S/c1-15(30-18-8-5-16(25)6-9-18)22-27-28-23(31-22)34-14-21(29)26-17-7-10-19-20(13-17)33-24(32-19)11-3-2-4-12-24/h5-10,13,15H,2-4,11-12,14H2,1H3,(H,26,29). The second-order valence-electron chi connectivity index (χ2n) is 8.29. The molecule has 2 aliphatic rings. The van der Waals surface area contributed by atoms with E-state index in [1.165, 1.54) is 30.7 Å². The number of carbonyl (C=O) groups is 1. The van der Waals surface area contributed by atoms with Crippen molar-refractivity contribution < 1.29 is 27.8 Å². The van der Waals surface area contributed by atoms with Gasteiger partial charge in [0.05, 0.1) is 5.75 Å². The molecule has 1 spiro atoms. The number of anilines is 1. The second kappa shape index (κ2) is 9.54. The van der Waals surface area contributed by atoms with Gasteiger partial charge in [0.25, 0.3) is 16.9 Å². The van der Waals surface area contributed by atoms with Crippen LogP contribution >= 0.6 is 11.8 Å². The summed E-state index contributed by atoms with van der Waals surface area (Å²) in [4.78, 5) is 12.4. The fourth-order valence-corrected chi connectivity index (χ4v) is 4.57. The number of benzene rings is 2. The lowest BCUT2D eigenvalue weighted by molar-refractivity contribution is -0.113. The van der Waals surface area contributed by atoms with Crippen LogP contribution in [-0.4, -0.2) is 27.6 Å². The minimum Gasteiger partial charge on any atom is -0.481 e. The lowest BCUT2D eigenvalue weighted by Crippen LogP contribution is -2.40. The van der Waals surface area contributed by atoms with E-state index in [-0.39, 0.29) is 28.6 Å². The summed E-state index contributed by atoms with van der Waals surface area (Å²) in [7, 11) is 0. The highest BCUT2D eigenvalue weighted by molar-refractivity contribution is 7.99. The smallest absolute Gasteiger partial charge is 0.277 e. The van der Waals surface area contributed by atoms with Crippen LogP contribution in [0.5, 0.6) is 17.2 Å². The Morgan fingerprint density at radius 3 is 2.68 bits per heavy atom. The molecule has 1 saturated carbocycles. The summed E-state index contributed by atoms with van der Waals surface area (Å²) in [5, 5.41) is 11.0. The Balaban J connectivity index is 1.12. The van der Waals surface area contributed by atoms with E-state index in [1.54, 1.807) is 19.1 Å². The van der Waals surface area contributed by atoms with E-state index in [2.05, 4.69) is 15.5 Å². The molecule has 1 aliphatic carbocycles. The number of fused-ring (bicyclic) bond motifs is 1. The first-order chi connectivity index (χ1) is 16.5. The summed E-state index contributed by atoms with van der Waals surface area (Å²) >= 11 is 1.12. The van der Waals surface area contributed by atoms with Crippen LogP contribution in [0.3, 0.4) is 0 Å². The molecule has 1 unspecified atom stereocenters. The Kier molecular flexibility index (Phi) is 6.32. The minimum atomic E-state index is -0.549. The molecule has 1 atom stereocenters. The van der Waals surface area contributed by atoms with E-state index in [4.69, 9.17) is 18.6 Å². The average Bonchev–Trinajstić information content (AvgIpc) is 3.44. The van der Waals surface area contributed by atoms with Gasteiger partial charge in [0.2, 0.25) is 5.91 Å². The highest BCUT2D eigenvalue weighted by atomic mass is 32.2. The van der Waals surface area contributed by atoms with Crippen molar-refractivity contribution in [1.82, 2.24) is 10.2 Å². The average molecular weight is 486 g/mol. The van der Waals surface area contributed by atoms with Crippen molar-refractivity contribution in [2.45, 2.75) is 56.1 Å². The molecule has 0 saturated heterocycles. The third kappa shape index (κ3) is 5.11. The lowest BCUT2D eigenvalue weighted by Gasteiger charge is -2.31. The van der Waals surface area contributed by atoms with E-state index in [0.29, 0.717) is 22.9 Å². The van der Waals surface area contributed by atoms with Gasteiger partial charge < -0.3 is 23.9 Å². The highest BCUT2D eigenvalue weighted by Gasteiger charge is 2.42. The maximum atomic E-state index is 13.0. The van der Waals surface area contributed by atoms with Gasteiger partial charge in [-0.1, -0.05) is 18.2 Å². The van der Waals surface area contributed by atoms with Crippen LogP contribution in [0.4, 0.5) is 10.1 Å². The summed E-state index contributed by atoms with van der Waals surface area (Å²) in [5.41, 5.74) is 0.633. The molecule has 10 heteroatoms. The first-order valence-electron chi connectivity index (χ1n) is 11.2. The van der Waals surface area contributed by atoms with Crippen LogP contribution in [0.2, 0.25) is 0 Å². The van der Waals surface area contributed by atoms with Crippen LogP contribution in [0.1, 0.15) is 51.0 Å². The number of hydrogen-bond acceptors (Lipinski definition) is 8. The van der Waals surface area contributed by atoms with Crippen LogP contribution < -0.4 is 19.5 Å². The Morgan fingerprint density at radius 2 is 1.88 bits per heavy atom. The molecule has 5 rings (SSSR count). The largest absolute Gasteiger partial charge is 0.481 e. The number of amides is 1. The number of halogens is 1. The molecule has 2 heterocycles. The maximum Gasteiger partial charge on any atom is 0.277 e. The number of hydrogen-bond donors (Lipinski definition) is 1. The molecular formula is C24H24FN3O5S. The molecule has 34 heavy (non-hydrogen) atoms. The van der Waals surface area contributed by atoms with E-state index in [1.807, 2.05) is 6.07 Å². The zero-order valence-corrected chi connectivity index (χ0v) is 19.4. The molecule has 2 aromatic carbocycles. The number of rotatable bonds is 7. The van der Waals surface area contributed by atoms with Crippen molar-refractivity contribution in [2.75, 3.05) is 11.1 Å². The van der Waals surface area contributed by atoms with Crippen molar-refractivity contribution in [3.05, 3.63) is 54.2 Å². The van der Waals surface area contributed by atoms with Crippen LogP contribution in [0, 0.1) is 5.82 Å². The molecule has 1 fully saturated rings. The molecule has 1 aliphatic heterocycles. The summed E-state index contributed by atoms with van der Waals surface area (Å²) in [6, 6.07) is 11.1. The first-order valence-corrected chi connectivity index (χ1v) is 12.2. The molecule has 1 aromatic heterocycles. The van der Waals surface area contributed by atoms with E-state index >= 15 is 0 Å². The van der Waals surface area contributed by atoms with Gasteiger partial charge in [0.15, 0.2) is 17.6 Å². The number of aromatic nitrogens is 2. The van der Waals surface area contributed by atoms with Crippen molar-refractivity contribution in [3.8, 4) is 17.2 Å². The van der Waals surface area contributed by atoms with E-state index in [0.717, 1.165) is 37.4 Å². The minimum absolute atomic E-state index is 0.0905. The van der Waals surface area contributed by atoms with Gasteiger partial charge in [0, 0.05) is 24.6 Å². The molecule has 178 valence electrons. The highest BCUT2D eigenvalue weighted by Crippen LogP contribution is 2.46. The summed E-state index contributed by atoms with van der Waals surface area (Å²) in [6.07, 6.45) is 4.60. The number of nitrogens with zero attached hydrogens (tertiary/aromatic N) is 2. The zero-order chi connectivity index (χ0) is 23.5. The fourth-order valence-electron chi connectivity index (χ4n) is 4.00. The molecule has 8 nitrogen and oxygen atoms in total. The van der Waals surface area contributed by atoms with Gasteiger partial charge in [0.1, 0.15) is 11.6 Å². The van der Waals surface area contributed by atoms with Crippen molar-refractivity contribution >= 4 is 23.4 Å². The monoisotopic (exact) mass is 485 g/mol. The van der Waals surface area contributed by atoms with E-state index in [9.17, 15) is 9.18 Å². The Labute approximate surface area is 200 Å². The zero-order valence-electron chi connectivity index (χ0n) is 18.6. The topological polar surface area (TPSA) is 95.7 Å². The first kappa shape index (κ1) is 22.5. The maximum absolute atomic E-state index is 13.0. The SMILES string of the molecule is CC(Oc1ccc(F)cc1)c1nnc(SCC(=O)Nc2ccc3c(c2)OC2(CCCCC2)O3)o1. The quantitative estimate of drug-likeness (QED) is 0.438. The predicted octanol–water partition coefficient (Wildman–Crippen LogP) is 5.51. The normalized spacial score (nSPS) is 16.9. The molecular weight excluding hydrogens is 461 g/mol. The van der Waals surface area contributed by atoms with Crippen LogP contribution in [0.25, 0.3) is 0 Å². The molecule has 3 aromatic rings. The molecule has 1 amide bonds. The molecule has 1 N–H and O–H groups in total. The van der Waals surface area contributed by atoms with Gasteiger partial charge in [-0.2, -0.15) is 0 Å². The second-order valence-corrected chi connectivity index (χ2v) is 9.22. The van der Waals surface area contributed by atoms with E-state index < -0.39 is 11.9 Å². The Hall–Kier alpha value is -3.27. The molecule has 0 bridgehead atoms. The van der Waals surface area contributed by atoms with Gasteiger partial charge in [-0.15, -0.1) is 10.2 Å². The summed E-state index contributed by atoms with van der Waals surface area (Å²) in [5.74, 6) is 1.10. The van der Waals surface area contributed by atoms with Gasteiger partial charge in [-0.05, 0) is 56.2 Å². The lowest BCUT2D eigenvalue weighted by atomic mass is 9.94. The number of thioether (sulfide) groups is 1. The van der Waals surface area contributed by atoms with Crippen molar-refractivity contribution in [1.29, 1.82) is 0 Å². The number of ether oxygens (including phenoxy) is 3. The van der Waals surface area contributed by atoms with Gasteiger partial charge in [-0.25, -0.2) is 4.39 Å². The fraction of sp³-hybridized carbons (Fsp3) is 0.375. The Bertz CT molecular complexity index is 1160. The molecule has 0 radical (unpaired) electrons.